The van der Waals surface area contributed by atoms with Crippen LogP contribution in [0.25, 0.3) is 0 Å². The van der Waals surface area contributed by atoms with Crippen molar-refractivity contribution in [2.24, 2.45) is 5.92 Å². The molecule has 2 amide bonds. The van der Waals surface area contributed by atoms with Crippen LogP contribution in [0.5, 0.6) is 5.75 Å². The summed E-state index contributed by atoms with van der Waals surface area (Å²) in [6.45, 7) is 4.43. The first kappa shape index (κ1) is 19.0. The molecule has 142 valence electrons. The number of nitrogens with zero attached hydrogens (tertiary/aromatic N) is 1. The lowest BCUT2D eigenvalue weighted by atomic mass is 10.0. The van der Waals surface area contributed by atoms with E-state index in [0.29, 0.717) is 6.54 Å². The first-order valence-corrected chi connectivity index (χ1v) is 9.36. The van der Waals surface area contributed by atoms with Crippen LogP contribution in [0.4, 0.5) is 5.69 Å². The monoisotopic (exact) mass is 366 g/mol. The predicted octanol–water partition coefficient (Wildman–Crippen LogP) is 3.49. The second-order valence-corrected chi connectivity index (χ2v) is 6.90. The molecule has 0 saturated carbocycles. The number of methoxy groups -OCH3 is 1. The van der Waals surface area contributed by atoms with Crippen LogP contribution in [0.1, 0.15) is 37.4 Å². The van der Waals surface area contributed by atoms with E-state index in [1.54, 1.807) is 12.0 Å². The number of carbonyl (C=O) groups excluding carboxylic acids is 2. The van der Waals surface area contributed by atoms with Gasteiger partial charge in [0.2, 0.25) is 11.8 Å². The van der Waals surface area contributed by atoms with Crippen LogP contribution in [0, 0.1) is 5.92 Å². The van der Waals surface area contributed by atoms with Crippen LogP contribution in [0.2, 0.25) is 0 Å². The van der Waals surface area contributed by atoms with Gasteiger partial charge in [0.1, 0.15) is 5.75 Å². The number of para-hydroxylation sites is 1. The molecule has 5 nitrogen and oxygen atoms in total. The Bertz CT molecular complexity index is 817. The summed E-state index contributed by atoms with van der Waals surface area (Å²) >= 11 is 0. The van der Waals surface area contributed by atoms with Crippen LogP contribution in [0.15, 0.2) is 48.5 Å². The average molecular weight is 366 g/mol. The van der Waals surface area contributed by atoms with Gasteiger partial charge in [-0.25, -0.2) is 0 Å². The molecule has 1 saturated heterocycles. The largest absolute Gasteiger partial charge is 0.496 e. The minimum Gasteiger partial charge on any atom is -0.496 e. The number of amides is 2. The minimum atomic E-state index is -0.347. The highest BCUT2D eigenvalue weighted by molar-refractivity contribution is 6.00. The van der Waals surface area contributed by atoms with Gasteiger partial charge in [-0.05, 0) is 37.1 Å². The maximum absolute atomic E-state index is 12.7. The zero-order valence-electron chi connectivity index (χ0n) is 16.1. The molecule has 2 aromatic rings. The van der Waals surface area contributed by atoms with E-state index in [-0.39, 0.29) is 30.2 Å². The van der Waals surface area contributed by atoms with Gasteiger partial charge in [-0.2, -0.15) is 0 Å². The highest BCUT2D eigenvalue weighted by Gasteiger charge is 2.35. The summed E-state index contributed by atoms with van der Waals surface area (Å²) in [6.07, 6.45) is 1.19. The Morgan fingerprint density at radius 2 is 1.93 bits per heavy atom. The Hall–Kier alpha value is -2.82. The number of nitrogens with one attached hydrogen (secondary N) is 1. The highest BCUT2D eigenvalue weighted by atomic mass is 16.5. The van der Waals surface area contributed by atoms with Crippen LogP contribution in [-0.2, 0) is 16.0 Å². The summed E-state index contributed by atoms with van der Waals surface area (Å²) in [7, 11) is 1.62. The topological polar surface area (TPSA) is 58.6 Å². The highest BCUT2D eigenvalue weighted by Crippen LogP contribution is 2.28. The molecular formula is C22H26N2O3. The maximum atomic E-state index is 12.7. The number of hydrogen-bond donors (Lipinski definition) is 1. The first-order valence-electron chi connectivity index (χ1n) is 9.36. The summed E-state index contributed by atoms with van der Waals surface area (Å²) < 4.78 is 5.37. The minimum absolute atomic E-state index is 0.00987. The van der Waals surface area contributed by atoms with E-state index < -0.39 is 0 Å². The first-order chi connectivity index (χ1) is 13.0. The summed E-state index contributed by atoms with van der Waals surface area (Å²) in [5.41, 5.74) is 3.00. The van der Waals surface area contributed by atoms with Crippen molar-refractivity contribution in [2.75, 3.05) is 18.6 Å². The third-order valence-corrected chi connectivity index (χ3v) is 5.12. The van der Waals surface area contributed by atoms with E-state index in [0.717, 1.165) is 23.4 Å². The standard InChI is InChI=1S/C22H26N2O3/c1-4-16-9-11-18(12-10-16)24-14-17(13-21(24)25)22(26)23-15(2)19-7-5-6-8-20(19)27-3/h5-12,15,17H,4,13-14H2,1-3H3,(H,23,26)/t15-,17+/m0/s1. The number of hydrogen-bond acceptors (Lipinski definition) is 3. The van der Waals surface area contributed by atoms with Crippen molar-refractivity contribution in [1.29, 1.82) is 0 Å². The normalized spacial score (nSPS) is 17.7. The van der Waals surface area contributed by atoms with Gasteiger partial charge >= 0.3 is 0 Å². The van der Waals surface area contributed by atoms with E-state index in [2.05, 4.69) is 12.2 Å². The van der Waals surface area contributed by atoms with Gasteiger partial charge in [-0.3, -0.25) is 9.59 Å². The van der Waals surface area contributed by atoms with Crippen LogP contribution in [0.3, 0.4) is 0 Å². The zero-order chi connectivity index (χ0) is 19.4. The fraction of sp³-hybridized carbons (Fsp3) is 0.364. The molecule has 1 N–H and O–H groups in total. The van der Waals surface area contributed by atoms with Gasteiger partial charge in [0, 0.05) is 24.2 Å². The number of carbonyl (C=O) groups is 2. The zero-order valence-corrected chi connectivity index (χ0v) is 16.1. The molecular weight excluding hydrogens is 340 g/mol. The Morgan fingerprint density at radius 3 is 2.59 bits per heavy atom. The molecule has 1 heterocycles. The van der Waals surface area contributed by atoms with Crippen molar-refractivity contribution in [3.05, 3.63) is 59.7 Å². The van der Waals surface area contributed by atoms with Gasteiger partial charge in [0.15, 0.2) is 0 Å². The lowest BCUT2D eigenvalue weighted by molar-refractivity contribution is -0.126. The maximum Gasteiger partial charge on any atom is 0.227 e. The summed E-state index contributed by atoms with van der Waals surface area (Å²) in [6, 6.07) is 15.4. The Kier molecular flexibility index (Phi) is 5.79. The lowest BCUT2D eigenvalue weighted by Gasteiger charge is -2.20. The Morgan fingerprint density at radius 1 is 1.22 bits per heavy atom. The second-order valence-electron chi connectivity index (χ2n) is 6.90. The molecule has 0 bridgehead atoms. The van der Waals surface area contributed by atoms with Gasteiger partial charge in [0.05, 0.1) is 19.1 Å². The van der Waals surface area contributed by atoms with Crippen molar-refractivity contribution in [3.8, 4) is 5.75 Å². The molecule has 1 aliphatic heterocycles. The third-order valence-electron chi connectivity index (χ3n) is 5.12. The summed E-state index contributed by atoms with van der Waals surface area (Å²) in [4.78, 5) is 26.9. The molecule has 2 aromatic carbocycles. The molecule has 3 rings (SSSR count). The van der Waals surface area contributed by atoms with E-state index >= 15 is 0 Å². The Balaban J connectivity index is 1.66. The summed E-state index contributed by atoms with van der Waals surface area (Å²) in [5, 5.41) is 3.03. The number of anilines is 1. The molecule has 0 aliphatic carbocycles. The molecule has 1 fully saturated rings. The van der Waals surface area contributed by atoms with Crippen molar-refractivity contribution >= 4 is 17.5 Å². The molecule has 0 unspecified atom stereocenters. The fourth-order valence-corrected chi connectivity index (χ4v) is 3.48. The summed E-state index contributed by atoms with van der Waals surface area (Å²) in [5.74, 6) is 0.282. The predicted molar refractivity (Wildman–Crippen MR) is 106 cm³/mol. The lowest BCUT2D eigenvalue weighted by Crippen LogP contribution is -2.34. The van der Waals surface area contributed by atoms with Gasteiger partial charge in [0.25, 0.3) is 0 Å². The molecule has 0 spiro atoms. The molecule has 1 aliphatic rings. The van der Waals surface area contributed by atoms with E-state index in [1.807, 2.05) is 55.5 Å². The molecule has 2 atom stereocenters. The number of benzene rings is 2. The number of aryl methyl sites for hydroxylation is 1. The van der Waals surface area contributed by atoms with Crippen LogP contribution >= 0.6 is 0 Å². The molecule has 0 radical (unpaired) electrons. The second kappa shape index (κ2) is 8.25. The van der Waals surface area contributed by atoms with E-state index in [9.17, 15) is 9.59 Å². The van der Waals surface area contributed by atoms with Gasteiger partial charge in [-0.1, -0.05) is 37.3 Å². The SMILES string of the molecule is CCc1ccc(N2C[C@H](C(=O)N[C@@H](C)c3ccccc3OC)CC2=O)cc1. The quantitative estimate of drug-likeness (QED) is 0.851. The van der Waals surface area contributed by atoms with Crippen molar-refractivity contribution in [2.45, 2.75) is 32.7 Å². The fourth-order valence-electron chi connectivity index (χ4n) is 3.48. The van der Waals surface area contributed by atoms with Gasteiger partial charge < -0.3 is 15.0 Å². The van der Waals surface area contributed by atoms with Gasteiger partial charge in [-0.15, -0.1) is 0 Å². The van der Waals surface area contributed by atoms with Crippen molar-refractivity contribution in [1.82, 2.24) is 5.32 Å². The molecule has 0 aromatic heterocycles. The van der Waals surface area contributed by atoms with Crippen LogP contribution < -0.4 is 15.0 Å². The number of rotatable bonds is 6. The number of ether oxygens (including phenoxy) is 1. The van der Waals surface area contributed by atoms with Crippen LogP contribution in [-0.4, -0.2) is 25.5 Å². The molecule has 27 heavy (non-hydrogen) atoms. The van der Waals surface area contributed by atoms with Crippen molar-refractivity contribution in [3.63, 3.8) is 0 Å². The average Bonchev–Trinajstić information content (AvgIpc) is 3.09. The smallest absolute Gasteiger partial charge is 0.227 e. The van der Waals surface area contributed by atoms with Crippen molar-refractivity contribution < 1.29 is 14.3 Å². The van der Waals surface area contributed by atoms with E-state index in [4.69, 9.17) is 4.74 Å². The molecule has 5 heteroatoms. The van der Waals surface area contributed by atoms with E-state index in [1.165, 1.54) is 5.56 Å². The third kappa shape index (κ3) is 4.13. The Labute approximate surface area is 160 Å².